The highest BCUT2D eigenvalue weighted by molar-refractivity contribution is 5.85. The molecule has 1 rings (SSSR count). The number of likely N-dealkylation sites (tertiary alicyclic amines) is 1. The lowest BCUT2D eigenvalue weighted by atomic mass is 9.94. The Bertz CT molecular complexity index is 250. The van der Waals surface area contributed by atoms with E-state index in [4.69, 9.17) is 10.4 Å². The maximum atomic E-state index is 11.0. The SMILES string of the molecule is N#CCC(=O)C1CN(C(=O)O)C1. The molecular weight excluding hydrogens is 160 g/mol. The van der Waals surface area contributed by atoms with Crippen molar-refractivity contribution >= 4 is 11.9 Å². The van der Waals surface area contributed by atoms with E-state index in [2.05, 4.69) is 0 Å². The number of carbonyl (C=O) groups excluding carboxylic acids is 1. The lowest BCUT2D eigenvalue weighted by Gasteiger charge is -2.35. The Morgan fingerprint density at radius 3 is 2.58 bits per heavy atom. The summed E-state index contributed by atoms with van der Waals surface area (Å²) in [5, 5.41) is 16.6. The molecule has 0 unspecified atom stereocenters. The first-order valence-electron chi connectivity index (χ1n) is 3.52. The fourth-order valence-electron chi connectivity index (χ4n) is 1.06. The second-order valence-corrected chi connectivity index (χ2v) is 2.69. The summed E-state index contributed by atoms with van der Waals surface area (Å²) in [5.74, 6) is -0.407. The number of ketones is 1. The minimum atomic E-state index is -1.00. The van der Waals surface area contributed by atoms with E-state index in [9.17, 15) is 9.59 Å². The molecule has 1 heterocycles. The highest BCUT2D eigenvalue weighted by Gasteiger charge is 2.34. The number of rotatable bonds is 2. The quantitative estimate of drug-likeness (QED) is 0.633. The minimum absolute atomic E-state index is 0.113. The zero-order valence-electron chi connectivity index (χ0n) is 6.36. The van der Waals surface area contributed by atoms with Crippen LogP contribution in [0.4, 0.5) is 4.79 Å². The normalized spacial score (nSPS) is 16.4. The number of carbonyl (C=O) groups is 2. The molecule has 1 N–H and O–H groups in total. The molecule has 0 radical (unpaired) electrons. The number of hydrogen-bond acceptors (Lipinski definition) is 3. The van der Waals surface area contributed by atoms with E-state index in [0.29, 0.717) is 0 Å². The molecule has 1 aliphatic rings. The van der Waals surface area contributed by atoms with E-state index in [1.807, 2.05) is 0 Å². The second kappa shape index (κ2) is 3.22. The summed E-state index contributed by atoms with van der Waals surface area (Å²) in [6.45, 7) is 0.492. The third kappa shape index (κ3) is 1.53. The topological polar surface area (TPSA) is 81.4 Å². The zero-order chi connectivity index (χ0) is 9.14. The van der Waals surface area contributed by atoms with Crippen LogP contribution in [0.15, 0.2) is 0 Å². The Hall–Kier alpha value is -1.57. The molecule has 1 amide bonds. The zero-order valence-corrected chi connectivity index (χ0v) is 6.36. The van der Waals surface area contributed by atoms with Gasteiger partial charge in [-0.25, -0.2) is 4.79 Å². The Labute approximate surface area is 69.2 Å². The van der Waals surface area contributed by atoms with Gasteiger partial charge in [0.05, 0.1) is 18.4 Å². The molecule has 1 fully saturated rings. The number of amides is 1. The molecule has 1 saturated heterocycles. The molecule has 0 aliphatic carbocycles. The maximum Gasteiger partial charge on any atom is 0.407 e. The summed E-state index contributed by atoms with van der Waals surface area (Å²) in [6.07, 6.45) is -1.12. The lowest BCUT2D eigenvalue weighted by molar-refractivity contribution is -0.125. The minimum Gasteiger partial charge on any atom is -0.465 e. The number of nitrogens with zero attached hydrogens (tertiary/aromatic N) is 2. The van der Waals surface area contributed by atoms with Crippen LogP contribution < -0.4 is 0 Å². The molecule has 0 aromatic heterocycles. The van der Waals surface area contributed by atoms with Crippen molar-refractivity contribution in [3.63, 3.8) is 0 Å². The summed E-state index contributed by atoms with van der Waals surface area (Å²) in [7, 11) is 0. The molecule has 0 aromatic carbocycles. The predicted molar refractivity (Wildman–Crippen MR) is 38.3 cm³/mol. The Kier molecular flexibility index (Phi) is 2.29. The van der Waals surface area contributed by atoms with Gasteiger partial charge in [-0.1, -0.05) is 0 Å². The van der Waals surface area contributed by atoms with Gasteiger partial charge in [0, 0.05) is 13.1 Å². The van der Waals surface area contributed by atoms with Gasteiger partial charge in [0.25, 0.3) is 0 Å². The smallest absolute Gasteiger partial charge is 0.407 e. The number of carboxylic acid groups (broad SMARTS) is 1. The van der Waals surface area contributed by atoms with Gasteiger partial charge < -0.3 is 10.0 Å². The van der Waals surface area contributed by atoms with Crippen LogP contribution in [0.5, 0.6) is 0 Å². The summed E-state index contributed by atoms with van der Waals surface area (Å²) in [4.78, 5) is 22.4. The van der Waals surface area contributed by atoms with E-state index < -0.39 is 6.09 Å². The second-order valence-electron chi connectivity index (χ2n) is 2.69. The van der Waals surface area contributed by atoms with Crippen molar-refractivity contribution in [2.24, 2.45) is 5.92 Å². The van der Waals surface area contributed by atoms with E-state index in [1.54, 1.807) is 6.07 Å². The Morgan fingerprint density at radius 2 is 2.17 bits per heavy atom. The standard InChI is InChI=1S/C7H8N2O3/c8-2-1-6(10)5-3-9(4-5)7(11)12/h5H,1,3-4H2,(H,11,12). The van der Waals surface area contributed by atoms with Gasteiger partial charge in [-0.05, 0) is 0 Å². The Balaban J connectivity index is 2.30. The van der Waals surface area contributed by atoms with Crippen LogP contribution in [0, 0.1) is 17.2 Å². The molecule has 5 heteroatoms. The van der Waals surface area contributed by atoms with Crippen molar-refractivity contribution in [3.05, 3.63) is 0 Å². The van der Waals surface area contributed by atoms with Crippen molar-refractivity contribution in [2.45, 2.75) is 6.42 Å². The van der Waals surface area contributed by atoms with Crippen molar-refractivity contribution < 1.29 is 14.7 Å². The first-order valence-corrected chi connectivity index (χ1v) is 3.52. The van der Waals surface area contributed by atoms with E-state index in [-0.39, 0.29) is 31.2 Å². The fourth-order valence-corrected chi connectivity index (χ4v) is 1.06. The van der Waals surface area contributed by atoms with Gasteiger partial charge in [-0.15, -0.1) is 0 Å². The van der Waals surface area contributed by atoms with Crippen LogP contribution in [-0.2, 0) is 4.79 Å². The molecule has 1 aliphatic heterocycles. The average Bonchev–Trinajstić information content (AvgIpc) is 1.82. The highest BCUT2D eigenvalue weighted by Crippen LogP contribution is 2.17. The van der Waals surface area contributed by atoms with E-state index in [0.717, 1.165) is 4.90 Å². The lowest BCUT2D eigenvalue weighted by Crippen LogP contribution is -2.52. The molecule has 0 aromatic rings. The molecule has 12 heavy (non-hydrogen) atoms. The average molecular weight is 168 g/mol. The van der Waals surface area contributed by atoms with Crippen molar-refractivity contribution in [3.8, 4) is 6.07 Å². The molecule has 0 atom stereocenters. The summed E-state index contributed by atoms with van der Waals surface area (Å²) >= 11 is 0. The fraction of sp³-hybridized carbons (Fsp3) is 0.571. The summed E-state index contributed by atoms with van der Waals surface area (Å²) in [6, 6.07) is 1.75. The van der Waals surface area contributed by atoms with Gasteiger partial charge in [-0.2, -0.15) is 5.26 Å². The van der Waals surface area contributed by atoms with Crippen LogP contribution in [0.3, 0.4) is 0 Å². The first kappa shape index (κ1) is 8.53. The first-order chi connectivity index (χ1) is 5.65. The molecular formula is C7H8N2O3. The Morgan fingerprint density at radius 1 is 1.58 bits per heavy atom. The van der Waals surface area contributed by atoms with Gasteiger partial charge in [-0.3, -0.25) is 4.79 Å². The third-order valence-corrected chi connectivity index (χ3v) is 1.86. The maximum absolute atomic E-state index is 11.0. The molecule has 0 bridgehead atoms. The van der Waals surface area contributed by atoms with Crippen LogP contribution in [0.2, 0.25) is 0 Å². The van der Waals surface area contributed by atoms with E-state index in [1.165, 1.54) is 0 Å². The highest BCUT2D eigenvalue weighted by atomic mass is 16.4. The molecule has 0 spiro atoms. The molecule has 0 saturated carbocycles. The van der Waals surface area contributed by atoms with Gasteiger partial charge in [0.1, 0.15) is 0 Å². The van der Waals surface area contributed by atoms with Crippen LogP contribution in [0.25, 0.3) is 0 Å². The number of nitriles is 1. The monoisotopic (exact) mass is 168 g/mol. The van der Waals surface area contributed by atoms with Crippen molar-refractivity contribution in [2.75, 3.05) is 13.1 Å². The number of hydrogen-bond donors (Lipinski definition) is 1. The summed E-state index contributed by atoms with van der Waals surface area (Å²) < 4.78 is 0. The largest absolute Gasteiger partial charge is 0.465 e. The predicted octanol–water partition coefficient (Wildman–Crippen LogP) is 0.0790. The van der Waals surface area contributed by atoms with Crippen LogP contribution >= 0.6 is 0 Å². The number of Topliss-reactive ketones (excluding diaryl/α,β-unsaturated/α-hetero) is 1. The van der Waals surface area contributed by atoms with Crippen LogP contribution in [-0.4, -0.2) is 35.0 Å². The van der Waals surface area contributed by atoms with Gasteiger partial charge in [0.15, 0.2) is 5.78 Å². The summed E-state index contributed by atoms with van der Waals surface area (Å²) in [5.41, 5.74) is 0. The molecule has 5 nitrogen and oxygen atoms in total. The third-order valence-electron chi connectivity index (χ3n) is 1.86. The molecule has 64 valence electrons. The van der Waals surface area contributed by atoms with Crippen molar-refractivity contribution in [1.29, 1.82) is 5.26 Å². The van der Waals surface area contributed by atoms with Crippen LogP contribution in [0.1, 0.15) is 6.42 Å². The van der Waals surface area contributed by atoms with Crippen molar-refractivity contribution in [1.82, 2.24) is 4.90 Å². The van der Waals surface area contributed by atoms with E-state index >= 15 is 0 Å². The van der Waals surface area contributed by atoms with Gasteiger partial charge in [0.2, 0.25) is 0 Å². The van der Waals surface area contributed by atoms with Gasteiger partial charge >= 0.3 is 6.09 Å².